The summed E-state index contributed by atoms with van der Waals surface area (Å²) in [6.45, 7) is 4.80. The number of hydrogen-bond donors (Lipinski definition) is 1. The van der Waals surface area contributed by atoms with Crippen LogP contribution in [0.3, 0.4) is 0 Å². The van der Waals surface area contributed by atoms with Crippen LogP contribution < -0.4 is 14.8 Å². The van der Waals surface area contributed by atoms with Gasteiger partial charge in [0.2, 0.25) is 0 Å². The highest BCUT2D eigenvalue weighted by Crippen LogP contribution is 2.27. The van der Waals surface area contributed by atoms with E-state index in [0.717, 1.165) is 18.4 Å². The number of ether oxygens (including phenoxy) is 2. The normalized spacial score (nSPS) is 20.0. The topological polar surface area (TPSA) is 69.2 Å². The van der Waals surface area contributed by atoms with Crippen LogP contribution in [0, 0.1) is 5.92 Å². The van der Waals surface area contributed by atoms with E-state index in [1.807, 2.05) is 18.2 Å². The van der Waals surface area contributed by atoms with E-state index >= 15 is 0 Å². The van der Waals surface area contributed by atoms with Gasteiger partial charge in [0, 0.05) is 11.6 Å². The van der Waals surface area contributed by atoms with E-state index in [-0.39, 0.29) is 18.6 Å². The van der Waals surface area contributed by atoms with Gasteiger partial charge in [-0.25, -0.2) is 0 Å². The second kappa shape index (κ2) is 10.7. The molecule has 0 aliphatic heterocycles. The second-order valence-corrected chi connectivity index (χ2v) is 6.70. The third-order valence-corrected chi connectivity index (χ3v) is 4.58. The molecule has 1 N–H and O–H groups in total. The predicted molar refractivity (Wildman–Crippen MR) is 102 cm³/mol. The van der Waals surface area contributed by atoms with Crippen molar-refractivity contribution in [3.63, 3.8) is 0 Å². The minimum Gasteiger partial charge on any atom is -0.493 e. The maximum atomic E-state index is 12.0. The summed E-state index contributed by atoms with van der Waals surface area (Å²) >= 11 is 0. The minimum atomic E-state index is -0.123. The molecule has 0 unspecified atom stereocenters. The van der Waals surface area contributed by atoms with Crippen molar-refractivity contribution in [2.75, 3.05) is 20.3 Å². The Morgan fingerprint density at radius 3 is 2.85 bits per heavy atom. The van der Waals surface area contributed by atoms with Gasteiger partial charge < -0.3 is 19.6 Å². The Morgan fingerprint density at radius 1 is 1.31 bits per heavy atom. The van der Waals surface area contributed by atoms with E-state index in [4.69, 9.17) is 14.3 Å². The number of methoxy groups -OCH3 is 1. The van der Waals surface area contributed by atoms with Gasteiger partial charge in [-0.2, -0.15) is 0 Å². The number of rotatable bonds is 9. The van der Waals surface area contributed by atoms with Gasteiger partial charge in [-0.1, -0.05) is 31.8 Å². The lowest BCUT2D eigenvalue weighted by molar-refractivity contribution is -0.126. The molecule has 1 aromatic rings. The van der Waals surface area contributed by atoms with E-state index in [1.54, 1.807) is 13.3 Å². The predicted octanol–water partition coefficient (Wildman–Crippen LogP) is 3.53. The lowest BCUT2D eigenvalue weighted by Gasteiger charge is -2.29. The summed E-state index contributed by atoms with van der Waals surface area (Å²) in [6, 6.07) is 5.78. The Hall–Kier alpha value is -2.24. The van der Waals surface area contributed by atoms with Crippen molar-refractivity contribution in [1.29, 1.82) is 0 Å². The van der Waals surface area contributed by atoms with Crippen LogP contribution in [0.25, 0.3) is 0 Å². The molecule has 26 heavy (non-hydrogen) atoms. The molecule has 0 heterocycles. The van der Waals surface area contributed by atoms with Gasteiger partial charge in [0.15, 0.2) is 18.1 Å². The van der Waals surface area contributed by atoms with Crippen molar-refractivity contribution in [2.24, 2.45) is 11.1 Å². The van der Waals surface area contributed by atoms with E-state index in [0.29, 0.717) is 24.0 Å². The third-order valence-electron chi connectivity index (χ3n) is 4.58. The molecule has 6 heteroatoms. The standard InChI is InChI=1S/C20H30N2O4/c1-4-11-25-18-10-9-16(12-19(18)24-3)13-21-26-14-20(23)22-17-8-6-5-7-15(17)2/h9-10,12-13,15,17H,4-8,11,14H2,1-3H3,(H,22,23)/b21-13-/t15-,17-/m0/s1. The van der Waals surface area contributed by atoms with Gasteiger partial charge in [-0.3, -0.25) is 4.79 Å². The fourth-order valence-corrected chi connectivity index (χ4v) is 3.07. The Bertz CT molecular complexity index is 603. The van der Waals surface area contributed by atoms with Crippen LogP contribution in [0.2, 0.25) is 0 Å². The van der Waals surface area contributed by atoms with Crippen molar-refractivity contribution in [3.05, 3.63) is 23.8 Å². The molecule has 0 saturated heterocycles. The highest BCUT2D eigenvalue weighted by Gasteiger charge is 2.22. The number of amides is 1. The fraction of sp³-hybridized carbons (Fsp3) is 0.600. The Morgan fingerprint density at radius 2 is 2.12 bits per heavy atom. The van der Waals surface area contributed by atoms with Crippen LogP contribution in [-0.4, -0.2) is 38.5 Å². The summed E-state index contributed by atoms with van der Waals surface area (Å²) in [4.78, 5) is 17.1. The van der Waals surface area contributed by atoms with Gasteiger partial charge in [-0.05, 0) is 43.4 Å². The molecular formula is C20H30N2O4. The van der Waals surface area contributed by atoms with Gasteiger partial charge in [0.25, 0.3) is 5.91 Å². The monoisotopic (exact) mass is 362 g/mol. The zero-order chi connectivity index (χ0) is 18.8. The number of carbonyl (C=O) groups is 1. The van der Waals surface area contributed by atoms with Crippen LogP contribution in [0.15, 0.2) is 23.4 Å². The Kier molecular flexibility index (Phi) is 8.25. The van der Waals surface area contributed by atoms with Gasteiger partial charge in [0.1, 0.15) is 0 Å². The maximum Gasteiger partial charge on any atom is 0.261 e. The maximum absolute atomic E-state index is 12.0. The minimum absolute atomic E-state index is 0.0749. The first-order chi connectivity index (χ1) is 12.6. The molecule has 1 saturated carbocycles. The SMILES string of the molecule is CCCOc1ccc(/C=N\OCC(=O)N[C@H]2CCCC[C@@H]2C)cc1OC. The largest absolute Gasteiger partial charge is 0.493 e. The van der Waals surface area contributed by atoms with E-state index in [9.17, 15) is 4.79 Å². The molecule has 1 aliphatic rings. The number of hydrogen-bond acceptors (Lipinski definition) is 5. The number of carbonyl (C=O) groups excluding carboxylic acids is 1. The van der Waals surface area contributed by atoms with E-state index in [2.05, 4.69) is 24.3 Å². The number of oxime groups is 1. The molecule has 1 fully saturated rings. The molecule has 6 nitrogen and oxygen atoms in total. The molecule has 0 bridgehead atoms. The van der Waals surface area contributed by atoms with Crippen molar-refractivity contribution in [3.8, 4) is 11.5 Å². The molecule has 1 amide bonds. The van der Waals surface area contributed by atoms with Crippen LogP contribution >= 0.6 is 0 Å². The Labute approximate surface area is 155 Å². The van der Waals surface area contributed by atoms with Crippen LogP contribution in [-0.2, 0) is 9.63 Å². The molecule has 1 aliphatic carbocycles. The van der Waals surface area contributed by atoms with Crippen molar-refractivity contribution >= 4 is 12.1 Å². The quantitative estimate of drug-likeness (QED) is 0.539. The zero-order valence-electron chi connectivity index (χ0n) is 16.0. The first-order valence-electron chi connectivity index (χ1n) is 9.39. The molecule has 2 rings (SSSR count). The van der Waals surface area contributed by atoms with Gasteiger partial charge in [-0.15, -0.1) is 0 Å². The number of nitrogens with one attached hydrogen (secondary N) is 1. The summed E-state index contributed by atoms with van der Waals surface area (Å²) in [5.41, 5.74) is 0.812. The third kappa shape index (κ3) is 6.24. The van der Waals surface area contributed by atoms with Crippen LogP contribution in [0.4, 0.5) is 0 Å². The first kappa shape index (κ1) is 20.1. The summed E-state index contributed by atoms with van der Waals surface area (Å²) < 4.78 is 10.9. The van der Waals surface area contributed by atoms with Crippen molar-refractivity contribution in [2.45, 2.75) is 52.0 Å². The molecule has 1 aromatic carbocycles. The highest BCUT2D eigenvalue weighted by molar-refractivity contribution is 5.81. The smallest absolute Gasteiger partial charge is 0.261 e. The van der Waals surface area contributed by atoms with Crippen LogP contribution in [0.5, 0.6) is 11.5 Å². The van der Waals surface area contributed by atoms with Gasteiger partial charge >= 0.3 is 0 Å². The number of nitrogens with zero attached hydrogens (tertiary/aromatic N) is 1. The van der Waals surface area contributed by atoms with Crippen molar-refractivity contribution in [1.82, 2.24) is 5.32 Å². The lowest BCUT2D eigenvalue weighted by Crippen LogP contribution is -2.42. The first-order valence-corrected chi connectivity index (χ1v) is 9.39. The lowest BCUT2D eigenvalue weighted by atomic mass is 9.86. The van der Waals surface area contributed by atoms with Gasteiger partial charge in [0.05, 0.1) is 19.9 Å². The van der Waals surface area contributed by atoms with Crippen LogP contribution in [0.1, 0.15) is 51.5 Å². The summed E-state index contributed by atoms with van der Waals surface area (Å²) in [5.74, 6) is 1.75. The molecule has 2 atom stereocenters. The highest BCUT2D eigenvalue weighted by atomic mass is 16.6. The fourth-order valence-electron chi connectivity index (χ4n) is 3.07. The second-order valence-electron chi connectivity index (χ2n) is 6.70. The van der Waals surface area contributed by atoms with Crippen molar-refractivity contribution < 1.29 is 19.1 Å². The summed E-state index contributed by atoms with van der Waals surface area (Å²) in [6.07, 6.45) is 7.13. The molecular weight excluding hydrogens is 332 g/mol. The molecule has 0 aromatic heterocycles. The molecule has 0 radical (unpaired) electrons. The molecule has 0 spiro atoms. The Balaban J connectivity index is 1.79. The summed E-state index contributed by atoms with van der Waals surface area (Å²) in [5, 5.41) is 6.92. The average Bonchev–Trinajstić information content (AvgIpc) is 2.65. The zero-order valence-corrected chi connectivity index (χ0v) is 16.0. The van der Waals surface area contributed by atoms with E-state index in [1.165, 1.54) is 19.3 Å². The van der Waals surface area contributed by atoms with E-state index < -0.39 is 0 Å². The summed E-state index contributed by atoms with van der Waals surface area (Å²) in [7, 11) is 1.60. The average molecular weight is 362 g/mol. The molecule has 144 valence electrons. The number of benzene rings is 1.